The molecule has 0 aliphatic carbocycles. The van der Waals surface area contributed by atoms with E-state index in [2.05, 4.69) is 5.32 Å². The third kappa shape index (κ3) is 4.77. The van der Waals surface area contributed by atoms with Gasteiger partial charge in [-0.3, -0.25) is 19.3 Å². The van der Waals surface area contributed by atoms with Gasteiger partial charge in [0, 0.05) is 50.3 Å². The zero-order chi connectivity index (χ0) is 22.7. The fourth-order valence-corrected chi connectivity index (χ4v) is 3.77. The number of nitrogens with zero attached hydrogens (tertiary/aromatic N) is 3. The van der Waals surface area contributed by atoms with Crippen LogP contribution in [-0.2, 0) is 16.1 Å². The molecule has 0 spiro atoms. The molecule has 9 heteroatoms. The van der Waals surface area contributed by atoms with Crippen LogP contribution in [0.15, 0.2) is 48.5 Å². The van der Waals surface area contributed by atoms with Crippen LogP contribution in [0.4, 0.5) is 14.9 Å². The zero-order valence-corrected chi connectivity index (χ0v) is 17.4. The van der Waals surface area contributed by atoms with Crippen molar-refractivity contribution in [2.24, 2.45) is 0 Å². The molecule has 4 rings (SSSR count). The molecule has 0 atom stereocenters. The summed E-state index contributed by atoms with van der Waals surface area (Å²) in [6.45, 7) is 1.78. The van der Waals surface area contributed by atoms with Gasteiger partial charge >= 0.3 is 6.03 Å². The number of likely N-dealkylation sites (tertiary alicyclic amines) is 1. The molecule has 2 aromatic rings. The van der Waals surface area contributed by atoms with E-state index in [1.807, 2.05) is 0 Å². The molecule has 0 bridgehead atoms. The highest BCUT2D eigenvalue weighted by Gasteiger charge is 2.29. The minimum absolute atomic E-state index is 0.136. The third-order valence-corrected chi connectivity index (χ3v) is 5.65. The van der Waals surface area contributed by atoms with Gasteiger partial charge < -0.3 is 15.1 Å². The molecule has 2 aliphatic heterocycles. The molecule has 2 aliphatic rings. The van der Waals surface area contributed by atoms with Crippen LogP contribution in [0.5, 0.6) is 0 Å². The molecule has 5 amide bonds. The van der Waals surface area contributed by atoms with Crippen LogP contribution < -0.4 is 5.32 Å². The Kier molecular flexibility index (Phi) is 6.16. The van der Waals surface area contributed by atoms with Crippen LogP contribution in [0.3, 0.4) is 0 Å². The van der Waals surface area contributed by atoms with Gasteiger partial charge in [-0.2, -0.15) is 0 Å². The Balaban J connectivity index is 1.29. The minimum atomic E-state index is -0.374. The van der Waals surface area contributed by atoms with Crippen LogP contribution in [0.2, 0.25) is 0 Å². The number of nitrogens with one attached hydrogen (secondary N) is 1. The average molecular weight is 438 g/mol. The van der Waals surface area contributed by atoms with Crippen LogP contribution in [0, 0.1) is 5.82 Å². The SMILES string of the molecule is O=C(Nc1ccc(F)cc1)N1CCN(C(=O)c2ccc(CN3C(=O)CCC3=O)cc2)CC1. The van der Waals surface area contributed by atoms with Crippen molar-refractivity contribution >= 4 is 29.4 Å². The van der Waals surface area contributed by atoms with Gasteiger partial charge in [0.15, 0.2) is 0 Å². The molecule has 8 nitrogen and oxygen atoms in total. The average Bonchev–Trinajstić information content (AvgIpc) is 3.13. The van der Waals surface area contributed by atoms with Gasteiger partial charge in [0.05, 0.1) is 6.54 Å². The maximum Gasteiger partial charge on any atom is 0.321 e. The van der Waals surface area contributed by atoms with E-state index in [-0.39, 0.29) is 49.0 Å². The highest BCUT2D eigenvalue weighted by molar-refractivity contribution is 6.01. The lowest BCUT2D eigenvalue weighted by atomic mass is 10.1. The fraction of sp³-hybridized carbons (Fsp3) is 0.304. The summed E-state index contributed by atoms with van der Waals surface area (Å²) >= 11 is 0. The normalized spacial score (nSPS) is 16.5. The van der Waals surface area contributed by atoms with Crippen molar-refractivity contribution in [3.63, 3.8) is 0 Å². The number of carbonyl (C=O) groups is 4. The number of urea groups is 1. The van der Waals surface area contributed by atoms with Crippen molar-refractivity contribution in [1.29, 1.82) is 0 Å². The van der Waals surface area contributed by atoms with Gasteiger partial charge in [-0.25, -0.2) is 9.18 Å². The van der Waals surface area contributed by atoms with Crippen molar-refractivity contribution in [2.75, 3.05) is 31.5 Å². The summed E-state index contributed by atoms with van der Waals surface area (Å²) in [4.78, 5) is 53.3. The fourth-order valence-electron chi connectivity index (χ4n) is 3.77. The number of rotatable bonds is 4. The molecule has 0 saturated carbocycles. The monoisotopic (exact) mass is 438 g/mol. The van der Waals surface area contributed by atoms with Crippen molar-refractivity contribution in [1.82, 2.24) is 14.7 Å². The smallest absolute Gasteiger partial charge is 0.321 e. The highest BCUT2D eigenvalue weighted by Crippen LogP contribution is 2.17. The number of anilines is 1. The molecular formula is C23H23FN4O4. The van der Waals surface area contributed by atoms with Crippen LogP contribution in [0.25, 0.3) is 0 Å². The van der Waals surface area contributed by atoms with Crippen molar-refractivity contribution in [2.45, 2.75) is 19.4 Å². The Morgan fingerprint density at radius 2 is 1.38 bits per heavy atom. The number of hydrogen-bond acceptors (Lipinski definition) is 4. The Hall–Kier alpha value is -3.75. The molecule has 2 fully saturated rings. The predicted octanol–water partition coefficient (Wildman–Crippen LogP) is 2.46. The summed E-state index contributed by atoms with van der Waals surface area (Å²) in [5.41, 5.74) is 1.80. The minimum Gasteiger partial charge on any atom is -0.335 e. The number of carbonyl (C=O) groups excluding carboxylic acids is 4. The molecule has 2 heterocycles. The summed E-state index contributed by atoms with van der Waals surface area (Å²) in [5, 5.41) is 2.72. The first-order chi connectivity index (χ1) is 15.4. The van der Waals surface area contributed by atoms with E-state index in [0.29, 0.717) is 37.4 Å². The number of halogens is 1. The van der Waals surface area contributed by atoms with E-state index in [9.17, 15) is 23.6 Å². The lowest BCUT2D eigenvalue weighted by Crippen LogP contribution is -2.51. The molecule has 166 valence electrons. The van der Waals surface area contributed by atoms with E-state index in [4.69, 9.17) is 0 Å². The standard InChI is InChI=1S/C23H23FN4O4/c24-18-5-7-19(8-6-18)25-23(32)27-13-11-26(12-14-27)22(31)17-3-1-16(2-4-17)15-28-20(29)9-10-21(28)30/h1-8H,9-15H2,(H,25,32). The molecule has 1 N–H and O–H groups in total. The maximum atomic E-state index is 13.0. The van der Waals surface area contributed by atoms with Crippen molar-refractivity contribution < 1.29 is 23.6 Å². The number of imide groups is 1. The number of amides is 5. The van der Waals surface area contributed by atoms with Gasteiger partial charge in [0.1, 0.15) is 5.82 Å². The van der Waals surface area contributed by atoms with E-state index in [1.54, 1.807) is 34.1 Å². The predicted molar refractivity (Wildman–Crippen MR) is 114 cm³/mol. The number of hydrogen-bond donors (Lipinski definition) is 1. The molecule has 0 aromatic heterocycles. The largest absolute Gasteiger partial charge is 0.335 e. The van der Waals surface area contributed by atoms with Crippen molar-refractivity contribution in [3.05, 3.63) is 65.5 Å². The van der Waals surface area contributed by atoms with Gasteiger partial charge in [-0.1, -0.05) is 12.1 Å². The molecular weight excluding hydrogens is 415 g/mol. The van der Waals surface area contributed by atoms with E-state index < -0.39 is 0 Å². The lowest BCUT2D eigenvalue weighted by Gasteiger charge is -2.34. The summed E-state index contributed by atoms with van der Waals surface area (Å²) in [5.74, 6) is -0.849. The van der Waals surface area contributed by atoms with Gasteiger partial charge in [-0.05, 0) is 42.0 Å². The quantitative estimate of drug-likeness (QED) is 0.743. The van der Waals surface area contributed by atoms with Crippen LogP contribution in [-0.4, -0.2) is 64.6 Å². The Bertz CT molecular complexity index is 1010. The first kappa shape index (κ1) is 21.5. The number of piperazine rings is 1. The van der Waals surface area contributed by atoms with E-state index >= 15 is 0 Å². The topological polar surface area (TPSA) is 90.0 Å². The third-order valence-electron chi connectivity index (χ3n) is 5.65. The Morgan fingerprint density at radius 3 is 1.97 bits per heavy atom. The second-order valence-corrected chi connectivity index (χ2v) is 7.79. The molecule has 2 aromatic carbocycles. The van der Waals surface area contributed by atoms with Crippen LogP contribution in [0.1, 0.15) is 28.8 Å². The first-order valence-electron chi connectivity index (χ1n) is 10.4. The molecule has 32 heavy (non-hydrogen) atoms. The summed E-state index contributed by atoms with van der Waals surface area (Å²) in [7, 11) is 0. The van der Waals surface area contributed by atoms with Crippen LogP contribution >= 0.6 is 0 Å². The van der Waals surface area contributed by atoms with Gasteiger partial charge in [0.25, 0.3) is 5.91 Å². The first-order valence-corrected chi connectivity index (χ1v) is 10.4. The Labute approximate surface area is 184 Å². The molecule has 2 saturated heterocycles. The number of benzene rings is 2. The van der Waals surface area contributed by atoms with Gasteiger partial charge in [0.2, 0.25) is 11.8 Å². The van der Waals surface area contributed by atoms with E-state index in [1.165, 1.54) is 29.2 Å². The molecule has 0 radical (unpaired) electrons. The maximum absolute atomic E-state index is 13.0. The second kappa shape index (κ2) is 9.17. The molecule has 0 unspecified atom stereocenters. The van der Waals surface area contributed by atoms with E-state index in [0.717, 1.165) is 5.56 Å². The second-order valence-electron chi connectivity index (χ2n) is 7.79. The Morgan fingerprint density at radius 1 is 0.812 bits per heavy atom. The summed E-state index contributed by atoms with van der Waals surface area (Å²) in [6, 6.07) is 12.1. The zero-order valence-electron chi connectivity index (χ0n) is 17.4. The van der Waals surface area contributed by atoms with Gasteiger partial charge in [-0.15, -0.1) is 0 Å². The van der Waals surface area contributed by atoms with Crippen molar-refractivity contribution in [3.8, 4) is 0 Å². The summed E-state index contributed by atoms with van der Waals surface area (Å²) < 4.78 is 13.0. The lowest BCUT2D eigenvalue weighted by molar-refractivity contribution is -0.139. The highest BCUT2D eigenvalue weighted by atomic mass is 19.1. The summed E-state index contributed by atoms with van der Waals surface area (Å²) in [6.07, 6.45) is 0.507.